The molecule has 0 bridgehead atoms. The molecule has 28 heavy (non-hydrogen) atoms. The van der Waals surface area contributed by atoms with Gasteiger partial charge < -0.3 is 9.47 Å². The van der Waals surface area contributed by atoms with Crippen LogP contribution in [0.5, 0.6) is 11.5 Å². The first-order valence-corrected chi connectivity index (χ1v) is 9.95. The van der Waals surface area contributed by atoms with Crippen molar-refractivity contribution in [2.45, 2.75) is 26.2 Å². The first-order chi connectivity index (χ1) is 13.7. The van der Waals surface area contributed by atoms with Crippen molar-refractivity contribution in [3.05, 3.63) is 77.9 Å². The second-order valence-corrected chi connectivity index (χ2v) is 7.14. The standard InChI is InChI=1S/C25H28O3/c1-3-20(21-6-4-5-7-21)18-28-24-15-11-22(12-16-24)25(26)17-10-19-8-13-23(27-2)14-9-19/h4,6,8-17,20-21H,3,5,7,18H2,1-2H3. The third-order valence-corrected chi connectivity index (χ3v) is 5.33. The van der Waals surface area contributed by atoms with Crippen LogP contribution in [-0.4, -0.2) is 19.5 Å². The van der Waals surface area contributed by atoms with E-state index in [1.807, 2.05) is 54.6 Å². The molecular formula is C25H28O3. The van der Waals surface area contributed by atoms with Gasteiger partial charge in [0.2, 0.25) is 0 Å². The van der Waals surface area contributed by atoms with Gasteiger partial charge in [-0.1, -0.05) is 37.3 Å². The zero-order valence-corrected chi connectivity index (χ0v) is 16.6. The van der Waals surface area contributed by atoms with Crippen LogP contribution in [0.3, 0.4) is 0 Å². The van der Waals surface area contributed by atoms with E-state index in [0.29, 0.717) is 17.4 Å². The number of rotatable bonds is 9. The number of carbonyl (C=O) groups is 1. The lowest BCUT2D eigenvalue weighted by Gasteiger charge is -2.21. The van der Waals surface area contributed by atoms with E-state index in [0.717, 1.165) is 30.1 Å². The molecule has 0 radical (unpaired) electrons. The first kappa shape index (κ1) is 19.9. The van der Waals surface area contributed by atoms with Crippen LogP contribution in [0.4, 0.5) is 0 Å². The third-order valence-electron chi connectivity index (χ3n) is 5.33. The molecule has 0 spiro atoms. The minimum atomic E-state index is -0.0232. The van der Waals surface area contributed by atoms with Gasteiger partial charge in [0.15, 0.2) is 5.78 Å². The van der Waals surface area contributed by atoms with Gasteiger partial charge in [-0.15, -0.1) is 0 Å². The average molecular weight is 376 g/mol. The summed E-state index contributed by atoms with van der Waals surface area (Å²) in [6.45, 7) is 2.94. The van der Waals surface area contributed by atoms with Gasteiger partial charge >= 0.3 is 0 Å². The first-order valence-electron chi connectivity index (χ1n) is 9.95. The lowest BCUT2D eigenvalue weighted by atomic mass is 9.90. The van der Waals surface area contributed by atoms with E-state index < -0.39 is 0 Å². The van der Waals surface area contributed by atoms with E-state index in [1.54, 1.807) is 13.2 Å². The maximum atomic E-state index is 12.4. The Kier molecular flexibility index (Phi) is 7.07. The van der Waals surface area contributed by atoms with Gasteiger partial charge in [0, 0.05) is 5.56 Å². The van der Waals surface area contributed by atoms with Crippen molar-refractivity contribution in [1.82, 2.24) is 0 Å². The Morgan fingerprint density at radius 1 is 1.11 bits per heavy atom. The Morgan fingerprint density at radius 3 is 2.43 bits per heavy atom. The molecule has 3 heteroatoms. The fourth-order valence-corrected chi connectivity index (χ4v) is 3.49. The molecule has 146 valence electrons. The highest BCUT2D eigenvalue weighted by atomic mass is 16.5. The van der Waals surface area contributed by atoms with Gasteiger partial charge in [-0.3, -0.25) is 4.79 Å². The highest BCUT2D eigenvalue weighted by Crippen LogP contribution is 2.28. The summed E-state index contributed by atoms with van der Waals surface area (Å²) in [7, 11) is 1.63. The van der Waals surface area contributed by atoms with Crippen molar-refractivity contribution in [3.63, 3.8) is 0 Å². The van der Waals surface area contributed by atoms with Crippen LogP contribution < -0.4 is 9.47 Å². The van der Waals surface area contributed by atoms with Gasteiger partial charge in [0.1, 0.15) is 11.5 Å². The van der Waals surface area contributed by atoms with Gasteiger partial charge in [-0.25, -0.2) is 0 Å². The molecule has 2 atom stereocenters. The van der Waals surface area contributed by atoms with Crippen LogP contribution in [0.25, 0.3) is 6.08 Å². The molecule has 0 aliphatic heterocycles. The van der Waals surface area contributed by atoms with Crippen LogP contribution in [-0.2, 0) is 0 Å². The fourth-order valence-electron chi connectivity index (χ4n) is 3.49. The van der Waals surface area contributed by atoms with E-state index in [1.165, 1.54) is 12.8 Å². The summed E-state index contributed by atoms with van der Waals surface area (Å²) in [6, 6.07) is 15.0. The molecule has 1 aliphatic rings. The number of ketones is 1. The summed E-state index contributed by atoms with van der Waals surface area (Å²) in [6.07, 6.45) is 11.5. The van der Waals surface area contributed by atoms with Crippen molar-refractivity contribution in [2.75, 3.05) is 13.7 Å². The molecule has 0 N–H and O–H groups in total. The predicted molar refractivity (Wildman–Crippen MR) is 114 cm³/mol. The SMILES string of the molecule is CCC(COc1ccc(C(=O)C=Cc2ccc(OC)cc2)cc1)C1C=CCC1. The fraction of sp³-hybridized carbons (Fsp3) is 0.320. The van der Waals surface area contributed by atoms with Crippen molar-refractivity contribution in [1.29, 1.82) is 0 Å². The molecule has 0 heterocycles. The third kappa shape index (κ3) is 5.35. The van der Waals surface area contributed by atoms with E-state index in [-0.39, 0.29) is 5.78 Å². The molecule has 0 amide bonds. The molecule has 3 nitrogen and oxygen atoms in total. The normalized spacial score (nSPS) is 17.0. The quantitative estimate of drug-likeness (QED) is 0.308. The van der Waals surface area contributed by atoms with E-state index in [4.69, 9.17) is 9.47 Å². The Bertz CT molecular complexity index is 816. The maximum Gasteiger partial charge on any atom is 0.185 e. The highest BCUT2D eigenvalue weighted by molar-refractivity contribution is 6.06. The molecule has 1 aliphatic carbocycles. The molecule has 0 saturated heterocycles. The number of hydrogen-bond acceptors (Lipinski definition) is 3. The van der Waals surface area contributed by atoms with E-state index in [2.05, 4.69) is 19.1 Å². The summed E-state index contributed by atoms with van der Waals surface area (Å²) >= 11 is 0. The van der Waals surface area contributed by atoms with Gasteiger partial charge in [0.05, 0.1) is 13.7 Å². The van der Waals surface area contributed by atoms with Crippen LogP contribution in [0.15, 0.2) is 66.8 Å². The molecule has 0 saturated carbocycles. The largest absolute Gasteiger partial charge is 0.497 e. The van der Waals surface area contributed by atoms with Crippen LogP contribution in [0.2, 0.25) is 0 Å². The molecule has 2 aromatic carbocycles. The Balaban J connectivity index is 1.54. The molecule has 0 fully saturated rings. The maximum absolute atomic E-state index is 12.4. The minimum absolute atomic E-state index is 0.0232. The summed E-state index contributed by atoms with van der Waals surface area (Å²) in [5.74, 6) is 2.77. The zero-order valence-electron chi connectivity index (χ0n) is 16.6. The van der Waals surface area contributed by atoms with E-state index in [9.17, 15) is 4.79 Å². The Hall–Kier alpha value is -2.81. The number of allylic oxidation sites excluding steroid dienone is 3. The summed E-state index contributed by atoms with van der Waals surface area (Å²) in [5, 5.41) is 0. The summed E-state index contributed by atoms with van der Waals surface area (Å²) < 4.78 is 11.1. The Labute approximate surface area is 167 Å². The van der Waals surface area contributed by atoms with Gasteiger partial charge in [-0.05, 0) is 79.1 Å². The molecule has 2 aromatic rings. The molecular weight excluding hydrogens is 348 g/mol. The van der Waals surface area contributed by atoms with E-state index >= 15 is 0 Å². The molecule has 2 unspecified atom stereocenters. The lowest BCUT2D eigenvalue weighted by Crippen LogP contribution is -2.18. The topological polar surface area (TPSA) is 35.5 Å². The second kappa shape index (κ2) is 9.93. The lowest BCUT2D eigenvalue weighted by molar-refractivity contribution is 0.104. The minimum Gasteiger partial charge on any atom is -0.497 e. The average Bonchev–Trinajstić information content (AvgIpc) is 3.28. The highest BCUT2D eigenvalue weighted by Gasteiger charge is 2.20. The van der Waals surface area contributed by atoms with Crippen LogP contribution in [0.1, 0.15) is 42.1 Å². The Morgan fingerprint density at radius 2 is 1.82 bits per heavy atom. The zero-order chi connectivity index (χ0) is 19.8. The van der Waals surface area contributed by atoms with Gasteiger partial charge in [0.25, 0.3) is 0 Å². The number of methoxy groups -OCH3 is 1. The number of ether oxygens (including phenoxy) is 2. The molecule has 3 rings (SSSR count). The second-order valence-electron chi connectivity index (χ2n) is 7.14. The molecule has 0 aromatic heterocycles. The van der Waals surface area contributed by atoms with Crippen molar-refractivity contribution < 1.29 is 14.3 Å². The van der Waals surface area contributed by atoms with Crippen molar-refractivity contribution in [2.24, 2.45) is 11.8 Å². The number of carbonyl (C=O) groups excluding carboxylic acids is 1. The monoisotopic (exact) mass is 376 g/mol. The summed E-state index contributed by atoms with van der Waals surface area (Å²) in [4.78, 5) is 12.4. The van der Waals surface area contributed by atoms with Crippen molar-refractivity contribution in [3.8, 4) is 11.5 Å². The number of hydrogen-bond donors (Lipinski definition) is 0. The predicted octanol–water partition coefficient (Wildman–Crippen LogP) is 5.96. The van der Waals surface area contributed by atoms with Gasteiger partial charge in [-0.2, -0.15) is 0 Å². The van der Waals surface area contributed by atoms with Crippen LogP contribution >= 0.6 is 0 Å². The summed E-state index contributed by atoms with van der Waals surface area (Å²) in [5.41, 5.74) is 1.61. The van der Waals surface area contributed by atoms with Crippen molar-refractivity contribution >= 4 is 11.9 Å². The van der Waals surface area contributed by atoms with Crippen LogP contribution in [0, 0.1) is 11.8 Å². The smallest absolute Gasteiger partial charge is 0.185 e. The number of benzene rings is 2.